The predicted molar refractivity (Wildman–Crippen MR) is 133 cm³/mol. The van der Waals surface area contributed by atoms with E-state index in [1.807, 2.05) is 13.0 Å². The molecule has 8 nitrogen and oxygen atoms in total. The third-order valence-electron chi connectivity index (χ3n) is 6.59. The Morgan fingerprint density at radius 3 is 2.65 bits per heavy atom. The number of fused-ring (bicyclic) bond motifs is 1. The van der Waals surface area contributed by atoms with Gasteiger partial charge in [0.25, 0.3) is 0 Å². The van der Waals surface area contributed by atoms with Crippen LogP contribution >= 0.6 is 0 Å². The van der Waals surface area contributed by atoms with Gasteiger partial charge in [-0.3, -0.25) is 14.5 Å². The van der Waals surface area contributed by atoms with Crippen LogP contribution in [0.4, 0.5) is 11.4 Å². The lowest BCUT2D eigenvalue weighted by Crippen LogP contribution is -2.45. The zero-order valence-corrected chi connectivity index (χ0v) is 20.2. The molecular formula is C26H34N4O4. The molecule has 2 aromatic rings. The van der Waals surface area contributed by atoms with Gasteiger partial charge in [-0.1, -0.05) is 18.2 Å². The third kappa shape index (κ3) is 5.51. The molecular weight excluding hydrogens is 432 g/mol. The van der Waals surface area contributed by atoms with Crippen molar-refractivity contribution in [2.75, 3.05) is 63.8 Å². The van der Waals surface area contributed by atoms with Crippen LogP contribution < -0.4 is 20.3 Å². The Kier molecular flexibility index (Phi) is 7.70. The number of nitrogens with zero attached hydrogens (tertiary/aromatic N) is 2. The van der Waals surface area contributed by atoms with Crippen LogP contribution in [0.1, 0.15) is 29.2 Å². The first-order valence-corrected chi connectivity index (χ1v) is 11.9. The van der Waals surface area contributed by atoms with Crippen molar-refractivity contribution in [3.63, 3.8) is 0 Å². The van der Waals surface area contributed by atoms with Gasteiger partial charge < -0.3 is 25.0 Å². The number of carbonyl (C=O) groups is 2. The largest absolute Gasteiger partial charge is 0.495 e. The van der Waals surface area contributed by atoms with Crippen LogP contribution in [0.5, 0.6) is 5.75 Å². The van der Waals surface area contributed by atoms with Crippen molar-refractivity contribution in [1.29, 1.82) is 0 Å². The smallest absolute Gasteiger partial charge is 0.313 e. The van der Waals surface area contributed by atoms with Crippen molar-refractivity contribution >= 4 is 23.2 Å². The molecule has 0 unspecified atom stereocenters. The molecule has 2 aromatic carbocycles. The average Bonchev–Trinajstić information content (AvgIpc) is 2.85. The second-order valence-corrected chi connectivity index (χ2v) is 8.95. The molecule has 34 heavy (non-hydrogen) atoms. The highest BCUT2D eigenvalue weighted by Gasteiger charge is 2.26. The summed E-state index contributed by atoms with van der Waals surface area (Å²) in [7, 11) is 3.66. The van der Waals surface area contributed by atoms with Crippen molar-refractivity contribution in [3.8, 4) is 5.75 Å². The lowest BCUT2D eigenvalue weighted by molar-refractivity contribution is -0.136. The molecule has 4 rings (SSSR count). The average molecular weight is 467 g/mol. The quantitative estimate of drug-likeness (QED) is 0.637. The first kappa shape index (κ1) is 24.0. The second-order valence-electron chi connectivity index (χ2n) is 8.95. The Morgan fingerprint density at radius 1 is 1.09 bits per heavy atom. The number of methoxy groups -OCH3 is 1. The highest BCUT2D eigenvalue weighted by molar-refractivity contribution is 6.39. The number of amides is 2. The molecule has 2 amide bonds. The molecule has 0 saturated carbocycles. The lowest BCUT2D eigenvalue weighted by Gasteiger charge is -2.36. The number of anilines is 2. The number of benzene rings is 2. The van der Waals surface area contributed by atoms with Gasteiger partial charge in [-0.05, 0) is 54.7 Å². The SMILES string of the molecule is COc1ccc(C)cc1NC(=O)C(=O)NC[C@@H](c1ccc2c(c1)CCCN2C)N1CCOCC1. The van der Waals surface area contributed by atoms with E-state index < -0.39 is 11.8 Å². The number of aryl methyl sites for hydroxylation is 2. The van der Waals surface area contributed by atoms with Crippen LogP contribution in [0.25, 0.3) is 0 Å². The molecule has 0 bridgehead atoms. The normalized spacial score (nSPS) is 17.0. The van der Waals surface area contributed by atoms with Gasteiger partial charge in [0, 0.05) is 38.9 Å². The van der Waals surface area contributed by atoms with Crippen LogP contribution in [0.15, 0.2) is 36.4 Å². The van der Waals surface area contributed by atoms with Crippen molar-refractivity contribution < 1.29 is 19.1 Å². The Labute approximate surface area is 201 Å². The second kappa shape index (κ2) is 10.9. The monoisotopic (exact) mass is 466 g/mol. The summed E-state index contributed by atoms with van der Waals surface area (Å²) in [6.45, 7) is 6.20. The summed E-state index contributed by atoms with van der Waals surface area (Å²) in [4.78, 5) is 29.9. The molecule has 2 heterocycles. The Bertz CT molecular complexity index is 1040. The van der Waals surface area contributed by atoms with E-state index in [2.05, 4.69) is 45.7 Å². The maximum Gasteiger partial charge on any atom is 0.313 e. The minimum Gasteiger partial charge on any atom is -0.495 e. The summed E-state index contributed by atoms with van der Waals surface area (Å²) in [5.74, 6) is -0.867. The van der Waals surface area contributed by atoms with E-state index in [1.165, 1.54) is 18.4 Å². The van der Waals surface area contributed by atoms with Gasteiger partial charge >= 0.3 is 11.8 Å². The van der Waals surface area contributed by atoms with Gasteiger partial charge in [0.1, 0.15) is 5.75 Å². The van der Waals surface area contributed by atoms with E-state index in [9.17, 15) is 9.59 Å². The summed E-state index contributed by atoms with van der Waals surface area (Å²) < 4.78 is 10.8. The lowest BCUT2D eigenvalue weighted by atomic mass is 9.95. The molecule has 1 saturated heterocycles. The maximum absolute atomic E-state index is 12.7. The molecule has 8 heteroatoms. The van der Waals surface area contributed by atoms with E-state index in [4.69, 9.17) is 9.47 Å². The van der Waals surface area contributed by atoms with Gasteiger partial charge in [0.15, 0.2) is 0 Å². The number of hydrogen-bond donors (Lipinski definition) is 2. The van der Waals surface area contributed by atoms with E-state index in [0.29, 0.717) is 31.2 Å². The van der Waals surface area contributed by atoms with E-state index in [-0.39, 0.29) is 6.04 Å². The first-order valence-electron chi connectivity index (χ1n) is 11.9. The van der Waals surface area contributed by atoms with Crippen molar-refractivity contribution in [2.45, 2.75) is 25.8 Å². The Balaban J connectivity index is 1.47. The summed E-state index contributed by atoms with van der Waals surface area (Å²) in [6, 6.07) is 12.0. The number of nitrogens with one attached hydrogen (secondary N) is 2. The van der Waals surface area contributed by atoms with Gasteiger partial charge in [0.05, 0.1) is 32.1 Å². The molecule has 0 aromatic heterocycles. The van der Waals surface area contributed by atoms with Gasteiger partial charge in [-0.25, -0.2) is 0 Å². The number of hydrogen-bond acceptors (Lipinski definition) is 6. The molecule has 0 spiro atoms. The molecule has 1 fully saturated rings. The minimum atomic E-state index is -0.711. The standard InChI is InChI=1S/C26H34N4O4/c1-18-6-9-24(33-3)21(15-18)28-26(32)25(31)27-17-23(30-11-13-34-14-12-30)20-7-8-22-19(16-20)5-4-10-29(22)2/h6-9,15-16,23H,4-5,10-14,17H2,1-3H3,(H,27,31)(H,28,32)/t23-/m0/s1. The van der Waals surface area contributed by atoms with Crippen LogP contribution in [-0.2, 0) is 20.7 Å². The first-order chi connectivity index (χ1) is 16.5. The van der Waals surface area contributed by atoms with Crippen molar-refractivity contribution in [2.24, 2.45) is 0 Å². The summed E-state index contributed by atoms with van der Waals surface area (Å²) in [6.07, 6.45) is 2.19. The summed E-state index contributed by atoms with van der Waals surface area (Å²) >= 11 is 0. The molecule has 2 aliphatic rings. The fourth-order valence-corrected chi connectivity index (χ4v) is 4.73. The fourth-order valence-electron chi connectivity index (χ4n) is 4.73. The van der Waals surface area contributed by atoms with Gasteiger partial charge in [0.2, 0.25) is 0 Å². The molecule has 2 N–H and O–H groups in total. The molecule has 182 valence electrons. The molecule has 0 radical (unpaired) electrons. The zero-order valence-electron chi connectivity index (χ0n) is 20.2. The fraction of sp³-hybridized carbons (Fsp3) is 0.462. The summed E-state index contributed by atoms with van der Waals surface area (Å²) in [5.41, 5.74) is 5.19. The topological polar surface area (TPSA) is 83.1 Å². The molecule has 0 aliphatic carbocycles. The maximum atomic E-state index is 12.7. The predicted octanol–water partition coefficient (Wildman–Crippen LogP) is 2.51. The Morgan fingerprint density at radius 2 is 1.88 bits per heavy atom. The summed E-state index contributed by atoms with van der Waals surface area (Å²) in [5, 5.41) is 5.53. The zero-order chi connectivity index (χ0) is 24.1. The van der Waals surface area contributed by atoms with Gasteiger partial charge in [-0.2, -0.15) is 0 Å². The number of ether oxygens (including phenoxy) is 2. The van der Waals surface area contributed by atoms with Crippen LogP contribution in [0, 0.1) is 6.92 Å². The van der Waals surface area contributed by atoms with Crippen LogP contribution in [0.2, 0.25) is 0 Å². The van der Waals surface area contributed by atoms with E-state index in [1.54, 1.807) is 12.1 Å². The van der Waals surface area contributed by atoms with E-state index in [0.717, 1.165) is 43.6 Å². The Hall–Kier alpha value is -3.10. The van der Waals surface area contributed by atoms with Crippen LogP contribution in [-0.4, -0.2) is 70.3 Å². The van der Waals surface area contributed by atoms with Crippen LogP contribution in [0.3, 0.4) is 0 Å². The van der Waals surface area contributed by atoms with Crippen molar-refractivity contribution in [3.05, 3.63) is 53.1 Å². The number of carbonyl (C=O) groups excluding carboxylic acids is 2. The molecule has 1 atom stereocenters. The highest BCUT2D eigenvalue weighted by atomic mass is 16.5. The molecule has 2 aliphatic heterocycles. The minimum absolute atomic E-state index is 0.0355. The number of morpholine rings is 1. The van der Waals surface area contributed by atoms with Gasteiger partial charge in [-0.15, -0.1) is 0 Å². The number of rotatable bonds is 6. The third-order valence-corrected chi connectivity index (χ3v) is 6.59. The highest BCUT2D eigenvalue weighted by Crippen LogP contribution is 2.31. The van der Waals surface area contributed by atoms with E-state index >= 15 is 0 Å². The van der Waals surface area contributed by atoms with Crippen molar-refractivity contribution in [1.82, 2.24) is 10.2 Å².